The highest BCUT2D eigenvalue weighted by Gasteiger charge is 2.20. The lowest BCUT2D eigenvalue weighted by molar-refractivity contribution is -0.137. The van der Waals surface area contributed by atoms with E-state index in [1.807, 2.05) is 0 Å². The van der Waals surface area contributed by atoms with Crippen LogP contribution in [0.4, 0.5) is 0 Å². The van der Waals surface area contributed by atoms with E-state index in [-0.39, 0.29) is 16.2 Å². The van der Waals surface area contributed by atoms with Crippen molar-refractivity contribution in [2.75, 3.05) is 12.5 Å². The second-order valence-corrected chi connectivity index (χ2v) is 8.54. The Kier molecular flexibility index (Phi) is 4.93. The average molecular weight is 320 g/mol. The third-order valence-electron chi connectivity index (χ3n) is 2.66. The van der Waals surface area contributed by atoms with Gasteiger partial charge in [0.05, 0.1) is 9.79 Å². The Labute approximate surface area is 118 Å². The Morgan fingerprint density at radius 1 is 1.05 bits per heavy atom. The molecule has 0 unspecified atom stereocenters. The number of carboxylic acids is 1. The van der Waals surface area contributed by atoms with Crippen molar-refractivity contribution in [3.63, 3.8) is 0 Å². The zero-order valence-electron chi connectivity index (χ0n) is 11.2. The predicted molar refractivity (Wildman–Crippen MR) is 73.2 cm³/mol. The molecule has 0 atom stereocenters. The summed E-state index contributed by atoms with van der Waals surface area (Å²) in [5.74, 6) is -0.930. The van der Waals surface area contributed by atoms with Gasteiger partial charge in [-0.3, -0.25) is 4.79 Å². The fraction of sp³-hybridized carbons (Fsp3) is 0.417. The summed E-state index contributed by atoms with van der Waals surface area (Å²) >= 11 is 0. The molecule has 0 bridgehead atoms. The van der Waals surface area contributed by atoms with E-state index in [0.717, 1.165) is 12.5 Å². The number of carboxylic acid groups (broad SMARTS) is 1. The van der Waals surface area contributed by atoms with Gasteiger partial charge in [0.15, 0.2) is 19.7 Å². The zero-order valence-corrected chi connectivity index (χ0v) is 12.8. The van der Waals surface area contributed by atoms with Gasteiger partial charge in [0.1, 0.15) is 0 Å². The van der Waals surface area contributed by atoms with E-state index < -0.39 is 25.6 Å². The molecule has 0 aliphatic carbocycles. The molecular formula is C12H16O6S2. The maximum absolute atomic E-state index is 11.7. The minimum absolute atomic E-state index is 0.0258. The van der Waals surface area contributed by atoms with Gasteiger partial charge in [-0.25, -0.2) is 16.8 Å². The third-order valence-corrected chi connectivity index (χ3v) is 5.08. The van der Waals surface area contributed by atoms with Crippen molar-refractivity contribution >= 4 is 25.6 Å². The number of sulfone groups is 2. The molecule has 20 heavy (non-hydrogen) atoms. The summed E-state index contributed by atoms with van der Waals surface area (Å²) in [4.78, 5) is 9.95. The lowest BCUT2D eigenvalue weighted by Crippen LogP contribution is -2.08. The van der Waals surface area contributed by atoms with Crippen LogP contribution in [-0.2, 0) is 30.9 Å². The third kappa shape index (κ3) is 4.61. The maximum atomic E-state index is 11.7. The molecule has 1 aromatic rings. The van der Waals surface area contributed by atoms with Gasteiger partial charge in [-0.1, -0.05) is 6.07 Å². The summed E-state index contributed by atoms with van der Waals surface area (Å²) in [5, 5.41) is 8.55. The molecule has 1 N–H and O–H groups in total. The van der Waals surface area contributed by atoms with Crippen LogP contribution in [0.15, 0.2) is 28.0 Å². The summed E-state index contributed by atoms with van der Waals surface area (Å²) in [7, 11) is -7.32. The Morgan fingerprint density at radius 3 is 2.05 bits per heavy atom. The van der Waals surface area contributed by atoms with Crippen molar-refractivity contribution in [3.05, 3.63) is 23.8 Å². The first-order valence-electron chi connectivity index (χ1n) is 5.76. The molecule has 0 saturated carbocycles. The quantitative estimate of drug-likeness (QED) is 0.835. The number of carbonyl (C=O) groups is 1. The molecule has 0 aliphatic heterocycles. The summed E-state index contributed by atoms with van der Waals surface area (Å²) in [6.45, 7) is 0. The molecule has 1 aromatic carbocycles. The lowest BCUT2D eigenvalue weighted by atomic mass is 10.1. The summed E-state index contributed by atoms with van der Waals surface area (Å²) in [6, 6.07) is 4.06. The molecule has 0 spiro atoms. The topological polar surface area (TPSA) is 106 Å². The van der Waals surface area contributed by atoms with E-state index >= 15 is 0 Å². The number of aliphatic carboxylic acids is 1. The molecule has 0 aromatic heterocycles. The second kappa shape index (κ2) is 5.92. The Morgan fingerprint density at radius 2 is 1.60 bits per heavy atom. The van der Waals surface area contributed by atoms with Gasteiger partial charge in [-0.2, -0.15) is 0 Å². The van der Waals surface area contributed by atoms with E-state index in [0.29, 0.717) is 18.4 Å². The molecular weight excluding hydrogens is 304 g/mol. The number of hydrogen-bond acceptors (Lipinski definition) is 5. The van der Waals surface area contributed by atoms with Gasteiger partial charge >= 0.3 is 5.97 Å². The zero-order chi connectivity index (χ0) is 15.6. The number of hydrogen-bond donors (Lipinski definition) is 1. The van der Waals surface area contributed by atoms with Crippen LogP contribution in [0.3, 0.4) is 0 Å². The minimum atomic E-state index is -3.68. The largest absolute Gasteiger partial charge is 0.481 e. The average Bonchev–Trinajstić information content (AvgIpc) is 2.25. The van der Waals surface area contributed by atoms with Crippen LogP contribution in [0.1, 0.15) is 18.4 Å². The Hall–Kier alpha value is -1.41. The van der Waals surface area contributed by atoms with Crippen molar-refractivity contribution in [2.24, 2.45) is 0 Å². The highest BCUT2D eigenvalue weighted by molar-refractivity contribution is 7.93. The van der Waals surface area contributed by atoms with E-state index in [4.69, 9.17) is 5.11 Å². The predicted octanol–water partition coefficient (Wildman–Crippen LogP) is 0.901. The molecule has 0 aliphatic rings. The van der Waals surface area contributed by atoms with Gasteiger partial charge in [0, 0.05) is 18.9 Å². The second-order valence-electron chi connectivity index (χ2n) is 4.57. The summed E-state index contributed by atoms with van der Waals surface area (Å²) in [5.41, 5.74) is 0.596. The standard InChI is InChI=1S/C12H16O6S2/c1-19(15,16)10-7-6-9(4-3-5-12(13)14)8-11(10)20(2,17)18/h6-8H,3-5H2,1-2H3,(H,13,14). The van der Waals surface area contributed by atoms with Gasteiger partial charge < -0.3 is 5.11 Å². The molecule has 1 rings (SSSR count). The molecule has 0 heterocycles. The normalized spacial score (nSPS) is 12.3. The Balaban J connectivity index is 3.20. The van der Waals surface area contributed by atoms with Crippen molar-refractivity contribution in [1.29, 1.82) is 0 Å². The fourth-order valence-electron chi connectivity index (χ4n) is 1.75. The SMILES string of the molecule is CS(=O)(=O)c1ccc(CCCC(=O)O)cc1S(C)(=O)=O. The van der Waals surface area contributed by atoms with Gasteiger partial charge in [0.25, 0.3) is 0 Å². The first-order chi connectivity index (χ1) is 9.01. The van der Waals surface area contributed by atoms with Gasteiger partial charge in [0.2, 0.25) is 0 Å². The highest BCUT2D eigenvalue weighted by Crippen LogP contribution is 2.23. The smallest absolute Gasteiger partial charge is 0.303 e. The molecule has 0 radical (unpaired) electrons. The van der Waals surface area contributed by atoms with Crippen LogP contribution in [0.5, 0.6) is 0 Å². The highest BCUT2D eigenvalue weighted by atomic mass is 32.2. The Bertz CT molecular complexity index is 716. The number of aryl methyl sites for hydroxylation is 1. The number of rotatable bonds is 6. The van der Waals surface area contributed by atoms with Crippen molar-refractivity contribution in [2.45, 2.75) is 29.1 Å². The van der Waals surface area contributed by atoms with Crippen molar-refractivity contribution in [3.8, 4) is 0 Å². The van der Waals surface area contributed by atoms with Crippen molar-refractivity contribution < 1.29 is 26.7 Å². The van der Waals surface area contributed by atoms with Gasteiger partial charge in [-0.05, 0) is 30.5 Å². The van der Waals surface area contributed by atoms with E-state index in [1.54, 1.807) is 0 Å². The molecule has 0 saturated heterocycles. The first-order valence-corrected chi connectivity index (χ1v) is 9.55. The van der Waals surface area contributed by atoms with E-state index in [2.05, 4.69) is 0 Å². The summed E-state index contributed by atoms with van der Waals surface area (Å²) in [6.07, 6.45) is 2.59. The van der Waals surface area contributed by atoms with E-state index in [9.17, 15) is 21.6 Å². The first kappa shape index (κ1) is 16.6. The van der Waals surface area contributed by atoms with Crippen LogP contribution in [0.25, 0.3) is 0 Å². The van der Waals surface area contributed by atoms with E-state index in [1.165, 1.54) is 18.2 Å². The maximum Gasteiger partial charge on any atom is 0.303 e. The minimum Gasteiger partial charge on any atom is -0.481 e. The fourth-order valence-corrected chi connectivity index (χ4v) is 4.19. The summed E-state index contributed by atoms with van der Waals surface area (Å²) < 4.78 is 46.5. The monoisotopic (exact) mass is 320 g/mol. The molecule has 0 fully saturated rings. The molecule has 8 heteroatoms. The van der Waals surface area contributed by atoms with Crippen LogP contribution in [-0.4, -0.2) is 40.4 Å². The molecule has 0 amide bonds. The van der Waals surface area contributed by atoms with Crippen molar-refractivity contribution in [1.82, 2.24) is 0 Å². The van der Waals surface area contributed by atoms with Crippen LogP contribution >= 0.6 is 0 Å². The molecule has 112 valence electrons. The number of benzene rings is 1. The molecule has 6 nitrogen and oxygen atoms in total. The van der Waals surface area contributed by atoms with Crippen LogP contribution < -0.4 is 0 Å². The lowest BCUT2D eigenvalue weighted by Gasteiger charge is -2.09. The van der Waals surface area contributed by atoms with Crippen LogP contribution in [0, 0.1) is 0 Å². The van der Waals surface area contributed by atoms with Gasteiger partial charge in [-0.15, -0.1) is 0 Å². The van der Waals surface area contributed by atoms with Crippen LogP contribution in [0.2, 0.25) is 0 Å².